The van der Waals surface area contributed by atoms with Crippen LogP contribution in [0.25, 0.3) is 11.6 Å². The Morgan fingerprint density at radius 1 is 0.935 bits per heavy atom. The van der Waals surface area contributed by atoms with E-state index in [4.69, 9.17) is 9.15 Å². The first kappa shape index (κ1) is 36.0. The largest absolute Gasteiger partial charge is 0.465 e. The lowest BCUT2D eigenvalue weighted by Crippen LogP contribution is -2.45. The lowest BCUT2D eigenvalue weighted by molar-refractivity contribution is -0.299. The molecule has 0 aliphatic rings. The van der Waals surface area contributed by atoms with Crippen LogP contribution in [0.2, 0.25) is 0 Å². The molecule has 1 aromatic carbocycles. The zero-order chi connectivity index (χ0) is 34.6. The number of nitrogens with one attached hydrogen (secondary N) is 1. The number of rotatable bonds is 13. The van der Waals surface area contributed by atoms with Crippen molar-refractivity contribution in [1.29, 1.82) is 0 Å². The molecule has 0 fully saturated rings. The van der Waals surface area contributed by atoms with E-state index in [9.17, 15) is 54.5 Å². The molecular formula is C28H25F9N4O5. The molecule has 9 nitrogen and oxygen atoms in total. The maximum Gasteiger partial charge on any atom is 0.426 e. The fraction of sp³-hybridized carbons (Fsp3) is 0.357. The number of hydrogen-bond donors (Lipinski definition) is 3. The molecule has 0 saturated carbocycles. The first-order chi connectivity index (χ1) is 21.3. The van der Waals surface area contributed by atoms with E-state index in [-0.39, 0.29) is 18.1 Å². The number of aliphatic hydroxyl groups is 1. The Kier molecular flexibility index (Phi) is 10.6. The van der Waals surface area contributed by atoms with Gasteiger partial charge in [-0.25, -0.2) is 9.78 Å². The Morgan fingerprint density at radius 3 is 2.07 bits per heavy atom. The maximum absolute atomic E-state index is 14.7. The summed E-state index contributed by atoms with van der Waals surface area (Å²) in [5, 5.41) is 28.0. The van der Waals surface area contributed by atoms with Crippen LogP contribution < -0.4 is 5.32 Å². The summed E-state index contributed by atoms with van der Waals surface area (Å²) in [4.78, 5) is 14.7. The number of hydrogen-bond acceptors (Lipinski definition) is 7. The number of halogens is 9. The molecule has 2 unspecified atom stereocenters. The second-order valence-electron chi connectivity index (χ2n) is 9.73. The van der Waals surface area contributed by atoms with Gasteiger partial charge in [-0.15, -0.1) is 23.4 Å². The molecule has 0 saturated heterocycles. The Labute approximate surface area is 254 Å². The molecular weight excluding hydrogens is 643 g/mol. The van der Waals surface area contributed by atoms with Gasteiger partial charge in [0.15, 0.2) is 5.69 Å². The fourth-order valence-corrected chi connectivity index (χ4v) is 4.28. The highest BCUT2D eigenvalue weighted by atomic mass is 19.4. The van der Waals surface area contributed by atoms with E-state index >= 15 is 0 Å². The van der Waals surface area contributed by atoms with Gasteiger partial charge in [-0.05, 0) is 37.3 Å². The average molecular weight is 669 g/mol. The topological polar surface area (TPSA) is 131 Å². The fourth-order valence-electron chi connectivity index (χ4n) is 4.28. The molecule has 46 heavy (non-hydrogen) atoms. The van der Waals surface area contributed by atoms with Gasteiger partial charge in [0.25, 0.3) is 11.8 Å². The van der Waals surface area contributed by atoms with Gasteiger partial charge in [-0.2, -0.15) is 39.5 Å². The highest BCUT2D eigenvalue weighted by molar-refractivity contribution is 5.88. The van der Waals surface area contributed by atoms with E-state index in [0.29, 0.717) is 0 Å². The molecule has 0 aliphatic carbocycles. The number of carboxylic acid groups (broad SMARTS) is 1. The lowest BCUT2D eigenvalue weighted by atomic mass is 9.88. The van der Waals surface area contributed by atoms with Crippen molar-refractivity contribution in [3.8, 4) is 11.6 Å². The molecule has 250 valence electrons. The van der Waals surface area contributed by atoms with Crippen molar-refractivity contribution < 1.29 is 63.7 Å². The van der Waals surface area contributed by atoms with Gasteiger partial charge in [-0.1, -0.05) is 42.5 Å². The van der Waals surface area contributed by atoms with E-state index in [1.807, 2.05) is 0 Å². The molecule has 3 N–H and O–H groups in total. The van der Waals surface area contributed by atoms with Gasteiger partial charge in [0, 0.05) is 0 Å². The number of allylic oxidation sites excluding steroid dienone is 2. The summed E-state index contributed by atoms with van der Waals surface area (Å²) in [7, 11) is 0. The summed E-state index contributed by atoms with van der Waals surface area (Å²) < 4.78 is 139. The Balaban J connectivity index is 2.33. The van der Waals surface area contributed by atoms with Gasteiger partial charge in [0.1, 0.15) is 0 Å². The van der Waals surface area contributed by atoms with Gasteiger partial charge >= 0.3 is 24.6 Å². The van der Waals surface area contributed by atoms with Crippen molar-refractivity contribution in [3.05, 3.63) is 84.4 Å². The van der Waals surface area contributed by atoms with E-state index in [0.717, 1.165) is 12.2 Å². The predicted molar refractivity (Wildman–Crippen MR) is 142 cm³/mol. The van der Waals surface area contributed by atoms with Gasteiger partial charge in [-0.3, -0.25) is 5.32 Å². The number of ether oxygens (including phenoxy) is 1. The van der Waals surface area contributed by atoms with Crippen LogP contribution in [0.5, 0.6) is 0 Å². The summed E-state index contributed by atoms with van der Waals surface area (Å²) in [5.41, 5.74) is -14.1. The molecule has 3 rings (SSSR count). The zero-order valence-electron chi connectivity index (χ0n) is 23.4. The Hall–Kier alpha value is -4.45. The van der Waals surface area contributed by atoms with Crippen LogP contribution in [-0.4, -0.2) is 43.8 Å². The van der Waals surface area contributed by atoms with Crippen LogP contribution in [0, 0.1) is 0 Å². The molecule has 2 atom stereocenters. The number of aromatic nitrogens is 3. The third-order valence-corrected chi connectivity index (χ3v) is 6.60. The minimum atomic E-state index is -5.79. The van der Waals surface area contributed by atoms with Crippen LogP contribution >= 0.6 is 0 Å². The van der Waals surface area contributed by atoms with Crippen molar-refractivity contribution in [2.24, 2.45) is 0 Å². The summed E-state index contributed by atoms with van der Waals surface area (Å²) in [5.74, 6) is -2.55. The highest BCUT2D eigenvalue weighted by Gasteiger charge is 2.61. The van der Waals surface area contributed by atoms with E-state index in [1.165, 1.54) is 29.6 Å². The smallest absolute Gasteiger partial charge is 0.426 e. The summed E-state index contributed by atoms with van der Waals surface area (Å²) >= 11 is 0. The van der Waals surface area contributed by atoms with Crippen molar-refractivity contribution in [2.75, 3.05) is 5.32 Å². The predicted octanol–water partition coefficient (Wildman–Crippen LogP) is 7.90. The number of alkyl halides is 9. The van der Waals surface area contributed by atoms with Crippen LogP contribution in [0.3, 0.4) is 0 Å². The van der Waals surface area contributed by atoms with E-state index < -0.39 is 96.1 Å². The quantitative estimate of drug-likeness (QED) is 0.124. The van der Waals surface area contributed by atoms with E-state index in [1.54, 1.807) is 6.07 Å². The number of carbonyl (C=O) groups is 1. The first-order valence-corrected chi connectivity index (χ1v) is 13.0. The standard InChI is InChI=1S/C28H25F9N4O5/c1-3-5-12-24(44,27(32,33)34)20-17(26(29,30)31)14-18(38-23(42)43)19(39-20)21-40-41-22(46-21)25(13-6-4-2,28(35,36)37)45-15-16-10-8-7-9-11-16/h3-4,7-11,14,38,44H,1-2,5-6,12-13,15H2,(H,42,43). The summed E-state index contributed by atoms with van der Waals surface area (Å²) in [6.07, 6.45) is -20.1. The Morgan fingerprint density at radius 2 is 1.54 bits per heavy atom. The van der Waals surface area contributed by atoms with Crippen LogP contribution in [-0.2, 0) is 28.7 Å². The van der Waals surface area contributed by atoms with Crippen molar-refractivity contribution in [2.45, 2.75) is 62.0 Å². The number of amides is 1. The highest BCUT2D eigenvalue weighted by Crippen LogP contribution is 2.49. The molecule has 1 amide bonds. The number of pyridine rings is 1. The first-order valence-electron chi connectivity index (χ1n) is 13.0. The minimum absolute atomic E-state index is 0.124. The van der Waals surface area contributed by atoms with Crippen LogP contribution in [0.15, 0.2) is 66.1 Å². The van der Waals surface area contributed by atoms with Gasteiger partial charge in [0.2, 0.25) is 11.2 Å². The molecule has 0 spiro atoms. The zero-order valence-corrected chi connectivity index (χ0v) is 23.4. The third-order valence-electron chi connectivity index (χ3n) is 6.60. The molecule has 0 bridgehead atoms. The van der Waals surface area contributed by atoms with Crippen molar-refractivity contribution in [3.63, 3.8) is 0 Å². The monoisotopic (exact) mass is 668 g/mol. The molecule has 2 heterocycles. The van der Waals surface area contributed by atoms with Crippen molar-refractivity contribution >= 4 is 11.8 Å². The van der Waals surface area contributed by atoms with Gasteiger partial charge in [0.05, 0.1) is 23.6 Å². The number of nitrogens with zero attached hydrogens (tertiary/aromatic N) is 3. The number of anilines is 1. The lowest BCUT2D eigenvalue weighted by Gasteiger charge is -2.32. The van der Waals surface area contributed by atoms with Crippen LogP contribution in [0.1, 0.15) is 48.4 Å². The second kappa shape index (κ2) is 13.5. The molecule has 0 radical (unpaired) electrons. The average Bonchev–Trinajstić information content (AvgIpc) is 3.44. The van der Waals surface area contributed by atoms with Crippen molar-refractivity contribution in [1.82, 2.24) is 15.2 Å². The molecule has 3 aromatic rings. The normalized spacial score (nSPS) is 15.1. The SMILES string of the molecule is C=CCCC(O)(c1nc(-c2nnc(C(CCC=C)(OCc3ccccc3)C(F)(F)F)o2)c(NC(=O)O)cc1C(F)(F)F)C(F)(F)F. The molecule has 18 heteroatoms. The maximum atomic E-state index is 14.7. The third kappa shape index (κ3) is 7.50. The Bertz CT molecular complexity index is 1540. The van der Waals surface area contributed by atoms with E-state index in [2.05, 4.69) is 28.3 Å². The molecule has 0 aliphatic heterocycles. The summed E-state index contributed by atoms with van der Waals surface area (Å²) in [6.45, 7) is 5.90. The molecule has 2 aromatic heterocycles. The minimum Gasteiger partial charge on any atom is -0.465 e. The van der Waals surface area contributed by atoms with Gasteiger partial charge < -0.3 is 19.4 Å². The summed E-state index contributed by atoms with van der Waals surface area (Å²) in [6, 6.07) is 7.39. The number of benzene rings is 1. The van der Waals surface area contributed by atoms with Crippen LogP contribution in [0.4, 0.5) is 50.0 Å². The second-order valence-corrected chi connectivity index (χ2v) is 9.73.